The molecule has 0 saturated carbocycles. The zero-order valence-corrected chi connectivity index (χ0v) is 8.39. The Kier molecular flexibility index (Phi) is 3.15. The zero-order valence-electron chi connectivity index (χ0n) is 8.39. The third-order valence-corrected chi connectivity index (χ3v) is 2.00. The molecule has 0 unspecified atom stereocenters. The van der Waals surface area contributed by atoms with Crippen LogP contribution in [0.15, 0.2) is 17.2 Å². The number of nitrogens with zero attached hydrogens (tertiary/aromatic N) is 3. The maximum absolute atomic E-state index is 11.3. The van der Waals surface area contributed by atoms with Crippen LogP contribution in [0.3, 0.4) is 0 Å². The van der Waals surface area contributed by atoms with Gasteiger partial charge >= 0.3 is 5.97 Å². The normalized spacial score (nSPS) is 9.20. The highest BCUT2D eigenvalue weighted by molar-refractivity contribution is 5.93. The fraction of sp³-hybridized carbons (Fsp3) is 0.222. The van der Waals surface area contributed by atoms with E-state index in [2.05, 4.69) is 14.8 Å². The van der Waals surface area contributed by atoms with Crippen molar-refractivity contribution in [3.8, 4) is 0 Å². The van der Waals surface area contributed by atoms with Gasteiger partial charge in [0, 0.05) is 16.3 Å². The molecule has 0 fully saturated rings. The number of azide groups is 1. The third kappa shape index (κ3) is 2.18. The van der Waals surface area contributed by atoms with Gasteiger partial charge in [-0.05, 0) is 30.2 Å². The first-order chi connectivity index (χ1) is 7.10. The highest BCUT2D eigenvalue weighted by Crippen LogP contribution is 2.24. The molecule has 0 saturated heterocycles. The van der Waals surface area contributed by atoms with Crippen LogP contribution in [0, 0.1) is 6.92 Å². The van der Waals surface area contributed by atoms with E-state index < -0.39 is 5.97 Å². The molecule has 1 aromatic rings. The molecule has 0 aromatic heterocycles. The van der Waals surface area contributed by atoms with Crippen LogP contribution < -0.4 is 5.73 Å². The summed E-state index contributed by atoms with van der Waals surface area (Å²) in [6, 6.07) is 2.94. The predicted molar refractivity (Wildman–Crippen MR) is 55.7 cm³/mol. The molecule has 0 aliphatic carbocycles. The molecule has 0 radical (unpaired) electrons. The molecule has 2 N–H and O–H groups in total. The first-order valence-electron chi connectivity index (χ1n) is 4.13. The largest absolute Gasteiger partial charge is 0.465 e. The van der Waals surface area contributed by atoms with Gasteiger partial charge in [-0.15, -0.1) is 0 Å². The number of methoxy groups -OCH3 is 1. The quantitative estimate of drug-likeness (QED) is 0.264. The standard InChI is InChI=1S/C9H10N4O2/c1-5-7(9(14)15-2)3-6(12-13-11)4-8(5)10/h3-4H,10H2,1-2H3. The van der Waals surface area contributed by atoms with Crippen molar-refractivity contribution in [1.82, 2.24) is 0 Å². The van der Waals surface area contributed by atoms with Crippen molar-refractivity contribution in [3.05, 3.63) is 33.7 Å². The third-order valence-electron chi connectivity index (χ3n) is 2.00. The minimum Gasteiger partial charge on any atom is -0.465 e. The summed E-state index contributed by atoms with van der Waals surface area (Å²) in [5.41, 5.74) is 15.5. The minimum atomic E-state index is -0.505. The van der Waals surface area contributed by atoms with E-state index in [1.807, 2.05) is 0 Å². The molecule has 1 rings (SSSR count). The lowest BCUT2D eigenvalue weighted by molar-refractivity contribution is 0.0600. The number of esters is 1. The van der Waals surface area contributed by atoms with Crippen molar-refractivity contribution in [2.45, 2.75) is 6.92 Å². The smallest absolute Gasteiger partial charge is 0.338 e. The average molecular weight is 206 g/mol. The van der Waals surface area contributed by atoms with Crippen molar-refractivity contribution < 1.29 is 9.53 Å². The van der Waals surface area contributed by atoms with E-state index in [-0.39, 0.29) is 0 Å². The van der Waals surface area contributed by atoms with Crippen LogP contribution in [0.1, 0.15) is 15.9 Å². The van der Waals surface area contributed by atoms with E-state index in [9.17, 15) is 4.79 Å². The number of nitrogen functional groups attached to an aromatic ring is 1. The van der Waals surface area contributed by atoms with Gasteiger partial charge in [-0.25, -0.2) is 4.79 Å². The van der Waals surface area contributed by atoms with E-state index in [4.69, 9.17) is 11.3 Å². The fourth-order valence-electron chi connectivity index (χ4n) is 1.15. The van der Waals surface area contributed by atoms with Crippen molar-refractivity contribution in [3.63, 3.8) is 0 Å². The Morgan fingerprint density at radius 1 is 1.60 bits per heavy atom. The van der Waals surface area contributed by atoms with Crippen LogP contribution >= 0.6 is 0 Å². The number of rotatable bonds is 2. The highest BCUT2D eigenvalue weighted by atomic mass is 16.5. The van der Waals surface area contributed by atoms with Gasteiger partial charge in [0.1, 0.15) is 0 Å². The summed E-state index contributed by atoms with van der Waals surface area (Å²) in [7, 11) is 1.28. The molecule has 0 aliphatic rings. The fourth-order valence-corrected chi connectivity index (χ4v) is 1.15. The first-order valence-corrected chi connectivity index (χ1v) is 4.13. The lowest BCUT2D eigenvalue weighted by atomic mass is 10.1. The SMILES string of the molecule is COC(=O)c1cc(N=[N+]=[N-])cc(N)c1C. The summed E-state index contributed by atoms with van der Waals surface area (Å²) in [5, 5.41) is 3.38. The van der Waals surface area contributed by atoms with Gasteiger partial charge in [0.05, 0.1) is 12.7 Å². The zero-order chi connectivity index (χ0) is 11.4. The second-order valence-corrected chi connectivity index (χ2v) is 2.89. The van der Waals surface area contributed by atoms with Gasteiger partial charge in [0.15, 0.2) is 0 Å². The van der Waals surface area contributed by atoms with Crippen LogP contribution in [0.4, 0.5) is 11.4 Å². The number of anilines is 1. The van der Waals surface area contributed by atoms with Gasteiger partial charge in [-0.3, -0.25) is 0 Å². The van der Waals surface area contributed by atoms with Gasteiger partial charge in [0.2, 0.25) is 0 Å². The number of ether oxygens (including phenoxy) is 1. The molecule has 78 valence electrons. The Labute approximate surface area is 86.3 Å². The molecule has 15 heavy (non-hydrogen) atoms. The Hall–Kier alpha value is -2.20. The molecule has 6 heteroatoms. The number of carbonyl (C=O) groups is 1. The van der Waals surface area contributed by atoms with Crippen LogP contribution in [0.25, 0.3) is 10.4 Å². The molecule has 0 spiro atoms. The second kappa shape index (κ2) is 4.34. The molecule has 0 aliphatic heterocycles. The summed E-state index contributed by atoms with van der Waals surface area (Å²) >= 11 is 0. The maximum atomic E-state index is 11.3. The Bertz CT molecular complexity index is 450. The second-order valence-electron chi connectivity index (χ2n) is 2.89. The number of carbonyl (C=O) groups excluding carboxylic acids is 1. The molecule has 0 amide bonds. The van der Waals surface area contributed by atoms with Gasteiger partial charge in [-0.1, -0.05) is 5.11 Å². The average Bonchev–Trinajstić information content (AvgIpc) is 2.22. The monoisotopic (exact) mass is 206 g/mol. The van der Waals surface area contributed by atoms with Crippen molar-refractivity contribution in [2.24, 2.45) is 5.11 Å². The predicted octanol–water partition coefficient (Wildman–Crippen LogP) is 2.31. The molecule has 6 nitrogen and oxygen atoms in total. The minimum absolute atomic E-state index is 0.293. The molecule has 0 atom stereocenters. The van der Waals surface area contributed by atoms with E-state index in [0.29, 0.717) is 22.5 Å². The van der Waals surface area contributed by atoms with E-state index in [1.165, 1.54) is 19.2 Å². The number of nitrogens with two attached hydrogens (primary N) is 1. The van der Waals surface area contributed by atoms with Crippen LogP contribution in [0.5, 0.6) is 0 Å². The maximum Gasteiger partial charge on any atom is 0.338 e. The summed E-state index contributed by atoms with van der Waals surface area (Å²) < 4.78 is 4.58. The van der Waals surface area contributed by atoms with Crippen molar-refractivity contribution in [1.29, 1.82) is 0 Å². The lowest BCUT2D eigenvalue weighted by Crippen LogP contribution is -2.05. The highest BCUT2D eigenvalue weighted by Gasteiger charge is 2.12. The van der Waals surface area contributed by atoms with Crippen molar-refractivity contribution >= 4 is 17.3 Å². The van der Waals surface area contributed by atoms with Crippen LogP contribution in [0.2, 0.25) is 0 Å². The first kappa shape index (κ1) is 10.9. The summed E-state index contributed by atoms with van der Waals surface area (Å²) in [6.45, 7) is 1.70. The van der Waals surface area contributed by atoms with Crippen LogP contribution in [-0.2, 0) is 4.74 Å². The van der Waals surface area contributed by atoms with Crippen molar-refractivity contribution in [2.75, 3.05) is 12.8 Å². The van der Waals surface area contributed by atoms with E-state index in [1.54, 1.807) is 6.92 Å². The summed E-state index contributed by atoms with van der Waals surface area (Å²) in [5.74, 6) is -0.505. The number of hydrogen-bond acceptors (Lipinski definition) is 4. The van der Waals surface area contributed by atoms with Gasteiger partial charge in [0.25, 0.3) is 0 Å². The topological polar surface area (TPSA) is 101 Å². The number of hydrogen-bond donors (Lipinski definition) is 1. The van der Waals surface area contributed by atoms with E-state index in [0.717, 1.165) is 0 Å². The molecular formula is C9H10N4O2. The van der Waals surface area contributed by atoms with Gasteiger partial charge in [-0.2, -0.15) is 0 Å². The Balaban J connectivity index is 3.37. The van der Waals surface area contributed by atoms with Crippen LogP contribution in [-0.4, -0.2) is 13.1 Å². The summed E-state index contributed by atoms with van der Waals surface area (Å²) in [6.07, 6.45) is 0. The molecule has 0 bridgehead atoms. The Morgan fingerprint density at radius 2 is 2.27 bits per heavy atom. The lowest BCUT2D eigenvalue weighted by Gasteiger charge is -2.07. The summed E-state index contributed by atoms with van der Waals surface area (Å²) in [4.78, 5) is 14.0. The van der Waals surface area contributed by atoms with E-state index >= 15 is 0 Å². The number of benzene rings is 1. The van der Waals surface area contributed by atoms with Gasteiger partial charge < -0.3 is 10.5 Å². The molecular weight excluding hydrogens is 196 g/mol. The Morgan fingerprint density at radius 3 is 2.80 bits per heavy atom. The molecule has 1 aromatic carbocycles. The molecule has 0 heterocycles.